The quantitative estimate of drug-likeness (QED) is 0.440. The molecule has 3 rings (SSSR count). The molecule has 0 radical (unpaired) electrons. The monoisotopic (exact) mass is 368 g/mol. The Hall–Kier alpha value is -0.780. The lowest BCUT2D eigenvalue weighted by atomic mass is 9.60. The lowest BCUT2D eigenvalue weighted by molar-refractivity contribution is 0.0929. The molecule has 0 saturated heterocycles. The molecule has 3 fully saturated rings. The first kappa shape index (κ1) is 20.9. The van der Waals surface area contributed by atoms with E-state index in [4.69, 9.17) is 0 Å². The Morgan fingerprint density at radius 1 is 1.00 bits per heavy atom. The molecule has 0 bridgehead atoms. The molecule has 27 heavy (non-hydrogen) atoms. The van der Waals surface area contributed by atoms with Crippen molar-refractivity contribution >= 4 is 0 Å². The van der Waals surface area contributed by atoms with Gasteiger partial charge in [-0.25, -0.2) is 0 Å². The van der Waals surface area contributed by atoms with Gasteiger partial charge in [0.1, 0.15) is 0 Å². The molecule has 3 aliphatic rings. The van der Waals surface area contributed by atoms with Crippen LogP contribution in [0, 0.1) is 29.1 Å². The van der Waals surface area contributed by atoms with Crippen LogP contribution in [0.25, 0.3) is 0 Å². The van der Waals surface area contributed by atoms with Gasteiger partial charge in [0.2, 0.25) is 0 Å². The third kappa shape index (κ3) is 4.80. The Labute approximate surface area is 169 Å². The Kier molecular flexibility index (Phi) is 7.09. The Balaban J connectivity index is 1.69. The first-order valence-electron chi connectivity index (χ1n) is 12.0. The summed E-state index contributed by atoms with van der Waals surface area (Å²) >= 11 is 0. The summed E-state index contributed by atoms with van der Waals surface area (Å²) in [6.45, 7) is 14.3. The molecule has 0 aromatic rings. The van der Waals surface area contributed by atoms with Gasteiger partial charge in [0.15, 0.2) is 0 Å². The molecular weight excluding hydrogens is 324 g/mol. The van der Waals surface area contributed by atoms with Crippen LogP contribution in [0.4, 0.5) is 0 Å². The van der Waals surface area contributed by atoms with Gasteiger partial charge in [-0.2, -0.15) is 0 Å². The standard InChI is InChI=1S/C27H44/c1-20(2)10-8-12-22(4)25-17-18-26-24(14-9-19-27(25,26)5)16-15-23-13-7-6-11-21(23)3/h15-16,20,22,25-26H,3,6-14,17-19H2,1-2,4-5H3/b23-15-,24-16+/t22-,25?,26?,27-/m1/s1. The van der Waals surface area contributed by atoms with Crippen molar-refractivity contribution in [1.82, 2.24) is 0 Å². The van der Waals surface area contributed by atoms with E-state index in [1.54, 1.807) is 5.57 Å². The molecule has 0 heteroatoms. The normalized spacial score (nSPS) is 35.8. The zero-order valence-electron chi connectivity index (χ0n) is 18.7. The van der Waals surface area contributed by atoms with E-state index in [0.717, 1.165) is 23.7 Å². The second-order valence-corrected chi connectivity index (χ2v) is 10.6. The zero-order valence-corrected chi connectivity index (χ0v) is 18.7. The molecule has 3 saturated carbocycles. The van der Waals surface area contributed by atoms with Crippen LogP contribution < -0.4 is 0 Å². The molecule has 0 aliphatic heterocycles. The fraction of sp³-hybridized carbons (Fsp3) is 0.778. The molecule has 3 aliphatic carbocycles. The number of hydrogen-bond acceptors (Lipinski definition) is 0. The highest BCUT2D eigenvalue weighted by Gasteiger charge is 2.50. The highest BCUT2D eigenvalue weighted by molar-refractivity contribution is 5.35. The van der Waals surface area contributed by atoms with Crippen LogP contribution in [0.2, 0.25) is 0 Å². The lowest BCUT2D eigenvalue weighted by Gasteiger charge is -2.44. The van der Waals surface area contributed by atoms with Crippen molar-refractivity contribution in [1.29, 1.82) is 0 Å². The van der Waals surface area contributed by atoms with E-state index in [1.807, 2.05) is 0 Å². The van der Waals surface area contributed by atoms with Crippen molar-refractivity contribution in [2.24, 2.45) is 29.1 Å². The average Bonchev–Trinajstić information content (AvgIpc) is 2.98. The van der Waals surface area contributed by atoms with Gasteiger partial charge in [-0.15, -0.1) is 0 Å². The van der Waals surface area contributed by atoms with Crippen LogP contribution in [0.5, 0.6) is 0 Å². The van der Waals surface area contributed by atoms with Crippen molar-refractivity contribution in [3.05, 3.63) is 35.5 Å². The van der Waals surface area contributed by atoms with Crippen LogP contribution >= 0.6 is 0 Å². The van der Waals surface area contributed by atoms with Gasteiger partial charge in [-0.1, -0.05) is 76.8 Å². The van der Waals surface area contributed by atoms with Crippen LogP contribution in [0.1, 0.15) is 105 Å². The number of allylic oxidation sites excluding steroid dienone is 5. The summed E-state index contributed by atoms with van der Waals surface area (Å²) in [5.74, 6) is 3.54. The van der Waals surface area contributed by atoms with Gasteiger partial charge in [0.25, 0.3) is 0 Å². The first-order valence-corrected chi connectivity index (χ1v) is 12.0. The number of hydrogen-bond donors (Lipinski definition) is 0. The van der Waals surface area contributed by atoms with E-state index < -0.39 is 0 Å². The molecule has 0 heterocycles. The lowest BCUT2D eigenvalue weighted by Crippen LogP contribution is -2.36. The molecule has 152 valence electrons. The van der Waals surface area contributed by atoms with Gasteiger partial charge < -0.3 is 0 Å². The predicted octanol–water partition coefficient (Wildman–Crippen LogP) is 8.65. The van der Waals surface area contributed by atoms with Crippen molar-refractivity contribution in [3.8, 4) is 0 Å². The van der Waals surface area contributed by atoms with E-state index in [-0.39, 0.29) is 0 Å². The van der Waals surface area contributed by atoms with Crippen LogP contribution in [-0.4, -0.2) is 0 Å². The largest absolute Gasteiger partial charge is 0.0956 e. The average molecular weight is 369 g/mol. The van der Waals surface area contributed by atoms with E-state index in [0.29, 0.717) is 5.41 Å². The van der Waals surface area contributed by atoms with E-state index in [1.165, 1.54) is 88.2 Å². The third-order valence-electron chi connectivity index (χ3n) is 8.29. The Bertz CT molecular complexity index is 575. The summed E-state index contributed by atoms with van der Waals surface area (Å²) in [6.07, 6.45) is 21.5. The molecule has 0 aromatic carbocycles. The van der Waals surface area contributed by atoms with Gasteiger partial charge in [0.05, 0.1) is 0 Å². The highest BCUT2D eigenvalue weighted by Crippen LogP contribution is 2.59. The predicted molar refractivity (Wildman–Crippen MR) is 120 cm³/mol. The van der Waals surface area contributed by atoms with Gasteiger partial charge >= 0.3 is 0 Å². The van der Waals surface area contributed by atoms with Crippen molar-refractivity contribution in [2.45, 2.75) is 105 Å². The molecule has 0 aromatic heterocycles. The first-order chi connectivity index (χ1) is 12.9. The third-order valence-corrected chi connectivity index (χ3v) is 8.29. The summed E-state index contributed by atoms with van der Waals surface area (Å²) < 4.78 is 0. The van der Waals surface area contributed by atoms with E-state index in [2.05, 4.69) is 46.4 Å². The molecule has 0 spiro atoms. The Morgan fingerprint density at radius 3 is 2.52 bits per heavy atom. The summed E-state index contributed by atoms with van der Waals surface area (Å²) in [5.41, 5.74) is 5.27. The Morgan fingerprint density at radius 2 is 1.78 bits per heavy atom. The molecule has 0 nitrogen and oxygen atoms in total. The molecule has 0 N–H and O–H groups in total. The van der Waals surface area contributed by atoms with Crippen molar-refractivity contribution < 1.29 is 0 Å². The van der Waals surface area contributed by atoms with Gasteiger partial charge in [-0.3, -0.25) is 0 Å². The summed E-state index contributed by atoms with van der Waals surface area (Å²) in [4.78, 5) is 0. The smallest absolute Gasteiger partial charge is 0.0143 e. The maximum Gasteiger partial charge on any atom is -0.0143 e. The fourth-order valence-electron chi connectivity index (χ4n) is 6.66. The molecule has 2 unspecified atom stereocenters. The van der Waals surface area contributed by atoms with Crippen molar-refractivity contribution in [3.63, 3.8) is 0 Å². The van der Waals surface area contributed by atoms with Crippen LogP contribution in [-0.2, 0) is 0 Å². The number of fused-ring (bicyclic) bond motifs is 1. The minimum atomic E-state index is 0.559. The summed E-state index contributed by atoms with van der Waals surface area (Å²) in [7, 11) is 0. The van der Waals surface area contributed by atoms with E-state index >= 15 is 0 Å². The topological polar surface area (TPSA) is 0 Å². The summed E-state index contributed by atoms with van der Waals surface area (Å²) in [6, 6.07) is 0. The second-order valence-electron chi connectivity index (χ2n) is 10.6. The molecule has 0 amide bonds. The zero-order chi connectivity index (χ0) is 19.4. The van der Waals surface area contributed by atoms with Gasteiger partial charge in [0, 0.05) is 0 Å². The SMILES string of the molecule is C=C1CCCC/C1=C/C=C1\CCC[C@@]2(C)C1CCC2[C@H](C)CCCC(C)C. The number of rotatable bonds is 6. The summed E-state index contributed by atoms with van der Waals surface area (Å²) in [5, 5.41) is 0. The minimum Gasteiger partial charge on any atom is -0.0956 e. The maximum absolute atomic E-state index is 4.32. The second kappa shape index (κ2) is 9.15. The van der Waals surface area contributed by atoms with Crippen molar-refractivity contribution in [2.75, 3.05) is 0 Å². The maximum atomic E-state index is 4.32. The molecular formula is C27H44. The fourth-order valence-corrected chi connectivity index (χ4v) is 6.66. The van der Waals surface area contributed by atoms with Crippen LogP contribution in [0.15, 0.2) is 35.5 Å². The van der Waals surface area contributed by atoms with E-state index in [9.17, 15) is 0 Å². The van der Waals surface area contributed by atoms with Gasteiger partial charge in [-0.05, 0) is 92.4 Å². The van der Waals surface area contributed by atoms with Crippen LogP contribution in [0.3, 0.4) is 0 Å². The highest BCUT2D eigenvalue weighted by atomic mass is 14.5. The minimum absolute atomic E-state index is 0.559. The molecule has 4 atom stereocenters.